The van der Waals surface area contributed by atoms with Crippen LogP contribution < -0.4 is 0 Å². The molecule has 1 rings (SSSR count). The van der Waals surface area contributed by atoms with Crippen molar-refractivity contribution >= 4 is 5.97 Å². The Morgan fingerprint density at radius 2 is 2.08 bits per heavy atom. The molecule has 76 valence electrons. The molecule has 0 aromatic rings. The lowest BCUT2D eigenvalue weighted by molar-refractivity contribution is -0.147. The molecule has 0 aromatic carbocycles. The first-order valence-corrected chi connectivity index (χ1v) is 4.41. The normalized spacial score (nSPS) is 21.3. The topological polar surface area (TPSA) is 70.0 Å². The van der Waals surface area contributed by atoms with Crippen molar-refractivity contribution in [1.82, 2.24) is 4.90 Å². The highest BCUT2D eigenvalue weighted by Crippen LogP contribution is 2.00. The number of carboxylic acid groups (broad SMARTS) is 1. The Labute approximate surface area is 76.9 Å². The molecular weight excluding hydrogens is 174 g/mol. The molecule has 2 N–H and O–H groups in total. The van der Waals surface area contributed by atoms with E-state index in [4.69, 9.17) is 14.9 Å². The van der Waals surface area contributed by atoms with Gasteiger partial charge in [-0.25, -0.2) is 4.79 Å². The van der Waals surface area contributed by atoms with E-state index in [1.807, 2.05) is 0 Å². The quantitative estimate of drug-likeness (QED) is 0.603. The molecule has 13 heavy (non-hydrogen) atoms. The molecule has 0 aliphatic carbocycles. The first-order valence-electron chi connectivity index (χ1n) is 4.41. The first-order chi connectivity index (χ1) is 6.20. The van der Waals surface area contributed by atoms with Crippen molar-refractivity contribution < 1.29 is 19.7 Å². The number of hydrogen-bond donors (Lipinski definition) is 2. The maximum Gasteiger partial charge on any atom is 0.332 e. The lowest BCUT2D eigenvalue weighted by Gasteiger charge is -2.26. The first kappa shape index (κ1) is 10.4. The summed E-state index contributed by atoms with van der Waals surface area (Å²) in [6.45, 7) is 3.67. The standard InChI is InChI=1S/C8H15NO4/c10-7(8(11)12)1-2-9-3-5-13-6-4-9/h7,10H,1-6H2,(H,11,12)/t7-/m1/s1. The van der Waals surface area contributed by atoms with Crippen molar-refractivity contribution in [2.24, 2.45) is 0 Å². The summed E-state index contributed by atoms with van der Waals surface area (Å²) in [7, 11) is 0. The van der Waals surface area contributed by atoms with Crippen molar-refractivity contribution in [3.05, 3.63) is 0 Å². The van der Waals surface area contributed by atoms with Crippen LogP contribution in [0.5, 0.6) is 0 Å². The van der Waals surface area contributed by atoms with Gasteiger partial charge in [-0.15, -0.1) is 0 Å². The minimum atomic E-state index is -1.23. The van der Waals surface area contributed by atoms with E-state index in [0.717, 1.165) is 13.1 Å². The molecule has 0 amide bonds. The molecule has 0 spiro atoms. The van der Waals surface area contributed by atoms with E-state index < -0.39 is 12.1 Å². The molecule has 0 aromatic heterocycles. The summed E-state index contributed by atoms with van der Waals surface area (Å²) >= 11 is 0. The molecule has 1 aliphatic heterocycles. The summed E-state index contributed by atoms with van der Waals surface area (Å²) in [4.78, 5) is 12.4. The van der Waals surface area contributed by atoms with Crippen LogP contribution in [0, 0.1) is 0 Å². The molecule has 1 fully saturated rings. The number of aliphatic hydroxyl groups is 1. The van der Waals surface area contributed by atoms with Crippen molar-refractivity contribution in [1.29, 1.82) is 0 Å². The summed E-state index contributed by atoms with van der Waals surface area (Å²) < 4.78 is 5.13. The van der Waals surface area contributed by atoms with Gasteiger partial charge in [0.1, 0.15) is 0 Å². The second kappa shape index (κ2) is 5.16. The lowest BCUT2D eigenvalue weighted by atomic mass is 10.2. The summed E-state index contributed by atoms with van der Waals surface area (Å²) in [5.74, 6) is -1.15. The summed E-state index contributed by atoms with van der Waals surface area (Å²) in [6, 6.07) is 0. The Balaban J connectivity index is 2.13. The van der Waals surface area contributed by atoms with Crippen LogP contribution in [-0.2, 0) is 9.53 Å². The monoisotopic (exact) mass is 189 g/mol. The minimum Gasteiger partial charge on any atom is -0.479 e. The number of ether oxygens (including phenoxy) is 1. The van der Waals surface area contributed by atoms with Gasteiger partial charge in [-0.1, -0.05) is 0 Å². The maximum absolute atomic E-state index is 10.3. The Morgan fingerprint density at radius 3 is 2.62 bits per heavy atom. The molecular formula is C8H15NO4. The van der Waals surface area contributed by atoms with Gasteiger partial charge >= 0.3 is 5.97 Å². The number of rotatable bonds is 4. The van der Waals surface area contributed by atoms with E-state index in [0.29, 0.717) is 19.8 Å². The van der Waals surface area contributed by atoms with Crippen LogP contribution in [0.4, 0.5) is 0 Å². The van der Waals surface area contributed by atoms with Gasteiger partial charge in [0.15, 0.2) is 6.10 Å². The second-order valence-electron chi connectivity index (χ2n) is 3.10. The fraction of sp³-hybridized carbons (Fsp3) is 0.875. The molecule has 5 nitrogen and oxygen atoms in total. The zero-order valence-electron chi connectivity index (χ0n) is 7.48. The van der Waals surface area contributed by atoms with E-state index in [9.17, 15) is 4.79 Å². The summed E-state index contributed by atoms with van der Waals surface area (Å²) in [5.41, 5.74) is 0. The molecule has 1 atom stereocenters. The Kier molecular flexibility index (Phi) is 4.14. The van der Waals surface area contributed by atoms with E-state index in [1.165, 1.54) is 0 Å². The van der Waals surface area contributed by atoms with Crippen LogP contribution in [0.1, 0.15) is 6.42 Å². The van der Waals surface area contributed by atoms with Gasteiger partial charge in [0.05, 0.1) is 13.2 Å². The molecule has 0 radical (unpaired) electrons. The predicted molar refractivity (Wildman–Crippen MR) is 45.5 cm³/mol. The fourth-order valence-electron chi connectivity index (χ4n) is 1.25. The second-order valence-corrected chi connectivity index (χ2v) is 3.10. The van der Waals surface area contributed by atoms with E-state index in [1.54, 1.807) is 0 Å². The third kappa shape index (κ3) is 3.71. The Hall–Kier alpha value is -0.650. The lowest BCUT2D eigenvalue weighted by Crippen LogP contribution is -2.38. The van der Waals surface area contributed by atoms with Crippen LogP contribution in [0.25, 0.3) is 0 Å². The summed E-state index contributed by atoms with van der Waals surface area (Å²) in [6.07, 6.45) is -0.946. The fourth-order valence-corrected chi connectivity index (χ4v) is 1.25. The zero-order chi connectivity index (χ0) is 9.68. The number of nitrogens with zero attached hydrogens (tertiary/aromatic N) is 1. The van der Waals surface area contributed by atoms with Gasteiger partial charge in [0, 0.05) is 19.6 Å². The number of carbonyl (C=O) groups is 1. The highest BCUT2D eigenvalue weighted by Gasteiger charge is 2.16. The van der Waals surface area contributed by atoms with E-state index in [-0.39, 0.29) is 6.42 Å². The third-order valence-corrected chi connectivity index (χ3v) is 2.11. The highest BCUT2D eigenvalue weighted by molar-refractivity contribution is 5.71. The Morgan fingerprint density at radius 1 is 1.46 bits per heavy atom. The number of aliphatic carboxylic acids is 1. The van der Waals surface area contributed by atoms with Crippen molar-refractivity contribution in [3.63, 3.8) is 0 Å². The van der Waals surface area contributed by atoms with Gasteiger partial charge in [-0.2, -0.15) is 0 Å². The van der Waals surface area contributed by atoms with Gasteiger partial charge in [0.2, 0.25) is 0 Å². The number of carboxylic acids is 1. The molecule has 1 heterocycles. The zero-order valence-corrected chi connectivity index (χ0v) is 7.48. The number of hydrogen-bond acceptors (Lipinski definition) is 4. The van der Waals surface area contributed by atoms with E-state index in [2.05, 4.69) is 4.90 Å². The minimum absolute atomic E-state index is 0.287. The average molecular weight is 189 g/mol. The average Bonchev–Trinajstić information content (AvgIpc) is 2.15. The van der Waals surface area contributed by atoms with Crippen LogP contribution >= 0.6 is 0 Å². The molecule has 1 aliphatic rings. The molecule has 0 bridgehead atoms. The number of morpholine rings is 1. The molecule has 0 unspecified atom stereocenters. The molecule has 0 saturated carbocycles. The maximum atomic E-state index is 10.3. The van der Waals surface area contributed by atoms with E-state index >= 15 is 0 Å². The third-order valence-electron chi connectivity index (χ3n) is 2.11. The SMILES string of the molecule is O=C(O)[C@H](O)CCN1CCOCC1. The number of aliphatic hydroxyl groups excluding tert-OH is 1. The van der Waals surface area contributed by atoms with Crippen LogP contribution in [0.15, 0.2) is 0 Å². The molecule has 1 saturated heterocycles. The van der Waals surface area contributed by atoms with Crippen molar-refractivity contribution in [2.45, 2.75) is 12.5 Å². The van der Waals surface area contributed by atoms with Crippen molar-refractivity contribution in [2.75, 3.05) is 32.8 Å². The van der Waals surface area contributed by atoms with Gasteiger partial charge in [-0.3, -0.25) is 4.90 Å². The van der Waals surface area contributed by atoms with Gasteiger partial charge in [0.25, 0.3) is 0 Å². The van der Waals surface area contributed by atoms with Crippen LogP contribution in [0.2, 0.25) is 0 Å². The van der Waals surface area contributed by atoms with Crippen molar-refractivity contribution in [3.8, 4) is 0 Å². The smallest absolute Gasteiger partial charge is 0.332 e. The molecule has 5 heteroatoms. The van der Waals surface area contributed by atoms with Crippen LogP contribution in [-0.4, -0.2) is 60.0 Å². The predicted octanol–water partition coefficient (Wildman–Crippen LogP) is -0.846. The highest BCUT2D eigenvalue weighted by atomic mass is 16.5. The summed E-state index contributed by atoms with van der Waals surface area (Å²) in [5, 5.41) is 17.4. The van der Waals surface area contributed by atoms with Gasteiger partial charge < -0.3 is 14.9 Å². The van der Waals surface area contributed by atoms with Gasteiger partial charge in [-0.05, 0) is 6.42 Å². The van der Waals surface area contributed by atoms with Crippen LogP contribution in [0.3, 0.4) is 0 Å². The Bertz CT molecular complexity index is 168. The largest absolute Gasteiger partial charge is 0.479 e.